The number of thiazole rings is 1. The minimum atomic E-state index is -3.96. The zero-order chi connectivity index (χ0) is 29.1. The zero-order valence-electron chi connectivity index (χ0n) is 23.4. The maximum atomic E-state index is 14.0. The second-order valence-electron chi connectivity index (χ2n) is 10.2. The minimum absolute atomic E-state index is 0.0246. The summed E-state index contributed by atoms with van der Waals surface area (Å²) in [6.45, 7) is 4.48. The van der Waals surface area contributed by atoms with Crippen LogP contribution in [0.5, 0.6) is 5.75 Å². The van der Waals surface area contributed by atoms with Gasteiger partial charge in [0.15, 0.2) is 0 Å². The van der Waals surface area contributed by atoms with E-state index in [0.717, 1.165) is 17.1 Å². The average molecular weight is 586 g/mol. The summed E-state index contributed by atoms with van der Waals surface area (Å²) in [6.07, 6.45) is 4.59. The van der Waals surface area contributed by atoms with Crippen molar-refractivity contribution in [2.45, 2.75) is 51.5 Å². The van der Waals surface area contributed by atoms with Crippen molar-refractivity contribution >= 4 is 33.4 Å². The maximum absolute atomic E-state index is 14.0. The zero-order valence-corrected chi connectivity index (χ0v) is 25.1. The van der Waals surface area contributed by atoms with E-state index in [9.17, 15) is 18.0 Å². The number of nitrogens with zero attached hydrogens (tertiary/aromatic N) is 4. The lowest BCUT2D eigenvalue weighted by atomic mass is 9.99. The van der Waals surface area contributed by atoms with Crippen molar-refractivity contribution < 1.29 is 22.7 Å². The summed E-state index contributed by atoms with van der Waals surface area (Å²) in [5, 5.41) is 0.562. The first kappa shape index (κ1) is 29.6. The van der Waals surface area contributed by atoms with E-state index >= 15 is 0 Å². The molecule has 1 saturated carbocycles. The van der Waals surface area contributed by atoms with Crippen molar-refractivity contribution in [3.8, 4) is 5.75 Å². The van der Waals surface area contributed by atoms with Crippen LogP contribution in [0.15, 0.2) is 42.6 Å². The molecule has 4 rings (SSSR count). The van der Waals surface area contributed by atoms with Gasteiger partial charge < -0.3 is 9.64 Å². The fourth-order valence-corrected chi connectivity index (χ4v) is 5.99. The number of carbonyl (C=O) groups is 2. The highest BCUT2D eigenvalue weighted by Gasteiger charge is 2.54. The largest absolute Gasteiger partial charge is 0.495 e. The number of methoxy groups -OCH3 is 1. The number of carbonyl (C=O) groups excluding carboxylic acids is 2. The molecule has 3 aromatic rings. The summed E-state index contributed by atoms with van der Waals surface area (Å²) in [5.74, 6) is -0.196. The van der Waals surface area contributed by atoms with Crippen LogP contribution in [0.25, 0.3) is 0 Å². The molecular weight excluding hydrogens is 550 g/mol. The number of aromatic nitrogens is 2. The molecule has 0 spiro atoms. The third-order valence-corrected chi connectivity index (χ3v) is 9.33. The number of pyridine rings is 1. The van der Waals surface area contributed by atoms with Crippen LogP contribution in [-0.2, 0) is 33.4 Å². The smallest absolute Gasteiger partial charge is 0.303 e. The molecule has 1 aromatic carbocycles. The van der Waals surface area contributed by atoms with Gasteiger partial charge in [-0.25, -0.2) is 9.71 Å². The molecule has 0 bridgehead atoms. The highest BCUT2D eigenvalue weighted by atomic mass is 32.2. The maximum Gasteiger partial charge on any atom is 0.303 e. The molecule has 0 radical (unpaired) electrons. The van der Waals surface area contributed by atoms with E-state index < -0.39 is 21.5 Å². The SMILES string of the molecule is COc1ccc(C2(C(=O)N(CCCc3cccc(C)c3)Cc3nc(C(=O)NS(=O)(=O)N(C)C)c(C)s3)CC2)nc1. The van der Waals surface area contributed by atoms with Crippen LogP contribution in [-0.4, -0.2) is 67.2 Å². The van der Waals surface area contributed by atoms with E-state index in [1.807, 2.05) is 22.9 Å². The van der Waals surface area contributed by atoms with Crippen LogP contribution in [0, 0.1) is 13.8 Å². The molecule has 1 N–H and O–H groups in total. The highest BCUT2D eigenvalue weighted by molar-refractivity contribution is 7.87. The molecule has 2 aromatic heterocycles. The number of rotatable bonds is 12. The second-order valence-corrected chi connectivity index (χ2v) is 13.4. The van der Waals surface area contributed by atoms with E-state index in [1.165, 1.54) is 36.6 Å². The van der Waals surface area contributed by atoms with Crippen molar-refractivity contribution in [2.24, 2.45) is 0 Å². The Morgan fingerprint density at radius 1 is 1.15 bits per heavy atom. The Bertz CT molecular complexity index is 1480. The van der Waals surface area contributed by atoms with E-state index in [1.54, 1.807) is 25.1 Å². The van der Waals surface area contributed by atoms with Gasteiger partial charge in [-0.3, -0.25) is 14.6 Å². The van der Waals surface area contributed by atoms with Crippen LogP contribution in [0.4, 0.5) is 0 Å². The standard InChI is InChI=1S/C28H35N5O5S2/c1-19-8-6-9-21(16-19)10-7-15-33(27(35)28(13-14-28)23-12-11-22(38-5)17-29-23)18-24-30-25(20(2)39-24)26(34)31-40(36,37)32(3)4/h6,8-9,11-12,16-17H,7,10,13-15,18H2,1-5H3,(H,31,34). The summed E-state index contributed by atoms with van der Waals surface area (Å²) in [7, 11) is 0.283. The quantitative estimate of drug-likeness (QED) is 0.346. The second kappa shape index (κ2) is 12.0. The number of benzene rings is 1. The van der Waals surface area contributed by atoms with Crippen molar-refractivity contribution in [3.63, 3.8) is 0 Å². The Kier molecular flexibility index (Phi) is 8.91. The number of amides is 2. The molecule has 2 amide bonds. The van der Waals surface area contributed by atoms with E-state index in [0.29, 0.717) is 40.7 Å². The Morgan fingerprint density at radius 2 is 1.90 bits per heavy atom. The third-order valence-electron chi connectivity index (χ3n) is 6.97. The molecule has 0 unspecified atom stereocenters. The Labute approximate surface area is 239 Å². The summed E-state index contributed by atoms with van der Waals surface area (Å²) in [6, 6.07) is 12.0. The first-order valence-corrected chi connectivity index (χ1v) is 15.3. The summed E-state index contributed by atoms with van der Waals surface area (Å²) < 4.78 is 32.5. The molecule has 1 aliphatic rings. The van der Waals surface area contributed by atoms with Gasteiger partial charge in [0.2, 0.25) is 5.91 Å². The molecular formula is C28H35N5O5S2. The van der Waals surface area contributed by atoms with Crippen molar-refractivity contribution in [3.05, 3.63) is 75.0 Å². The summed E-state index contributed by atoms with van der Waals surface area (Å²) >= 11 is 1.28. The first-order chi connectivity index (χ1) is 18.9. The van der Waals surface area contributed by atoms with Gasteiger partial charge in [0, 0.05) is 25.5 Å². The van der Waals surface area contributed by atoms with Gasteiger partial charge in [0.05, 0.1) is 31.0 Å². The van der Waals surface area contributed by atoms with E-state index in [-0.39, 0.29) is 18.1 Å². The fourth-order valence-electron chi connectivity index (χ4n) is 4.54. The normalized spacial score (nSPS) is 14.2. The van der Waals surface area contributed by atoms with Crippen LogP contribution >= 0.6 is 11.3 Å². The molecule has 40 heavy (non-hydrogen) atoms. The lowest BCUT2D eigenvalue weighted by Gasteiger charge is -2.27. The average Bonchev–Trinajstić information content (AvgIpc) is 3.64. The van der Waals surface area contributed by atoms with Crippen LogP contribution in [0.2, 0.25) is 0 Å². The molecule has 0 saturated heterocycles. The van der Waals surface area contributed by atoms with Crippen LogP contribution in [0.3, 0.4) is 0 Å². The Balaban J connectivity index is 1.56. The Hall–Kier alpha value is -3.35. The number of aryl methyl sites for hydroxylation is 3. The summed E-state index contributed by atoms with van der Waals surface area (Å²) in [5.41, 5.74) is 2.45. The van der Waals surface area contributed by atoms with Gasteiger partial charge in [-0.1, -0.05) is 29.8 Å². The monoisotopic (exact) mass is 585 g/mol. The lowest BCUT2D eigenvalue weighted by molar-refractivity contribution is -0.134. The molecule has 10 nitrogen and oxygen atoms in total. The van der Waals surface area contributed by atoms with Crippen molar-refractivity contribution in [2.75, 3.05) is 27.7 Å². The number of nitrogens with one attached hydrogen (secondary N) is 1. The molecule has 2 heterocycles. The van der Waals surface area contributed by atoms with Gasteiger partial charge >= 0.3 is 10.2 Å². The summed E-state index contributed by atoms with van der Waals surface area (Å²) in [4.78, 5) is 38.1. The number of ether oxygens (including phenoxy) is 1. The van der Waals surface area contributed by atoms with E-state index in [2.05, 4.69) is 35.1 Å². The highest BCUT2D eigenvalue weighted by Crippen LogP contribution is 2.49. The van der Waals surface area contributed by atoms with Crippen LogP contribution < -0.4 is 9.46 Å². The van der Waals surface area contributed by atoms with Crippen LogP contribution in [0.1, 0.15) is 56.5 Å². The Morgan fingerprint density at radius 3 is 2.50 bits per heavy atom. The molecule has 1 aliphatic carbocycles. The number of hydrogen-bond acceptors (Lipinski definition) is 8. The predicted molar refractivity (Wildman–Crippen MR) is 154 cm³/mol. The molecule has 0 atom stereocenters. The topological polar surface area (TPSA) is 122 Å². The fraction of sp³-hybridized carbons (Fsp3) is 0.429. The van der Waals surface area contributed by atoms with E-state index in [4.69, 9.17) is 4.74 Å². The molecule has 12 heteroatoms. The number of hydrogen-bond donors (Lipinski definition) is 1. The molecule has 0 aliphatic heterocycles. The van der Waals surface area contributed by atoms with Crippen molar-refractivity contribution in [1.29, 1.82) is 0 Å². The first-order valence-electron chi connectivity index (χ1n) is 13.0. The van der Waals surface area contributed by atoms with Gasteiger partial charge in [0.1, 0.15) is 16.5 Å². The van der Waals surface area contributed by atoms with Gasteiger partial charge in [-0.2, -0.15) is 12.7 Å². The van der Waals surface area contributed by atoms with Crippen molar-refractivity contribution in [1.82, 2.24) is 23.9 Å². The van der Waals surface area contributed by atoms with Gasteiger partial charge in [0.25, 0.3) is 5.91 Å². The van der Waals surface area contributed by atoms with Gasteiger partial charge in [-0.15, -0.1) is 11.3 Å². The lowest BCUT2D eigenvalue weighted by Crippen LogP contribution is -2.40. The predicted octanol–water partition coefficient (Wildman–Crippen LogP) is 3.39. The minimum Gasteiger partial charge on any atom is -0.495 e. The molecule has 214 valence electrons. The molecule has 1 fully saturated rings. The third kappa shape index (κ3) is 6.68. The van der Waals surface area contributed by atoms with Gasteiger partial charge in [-0.05, 0) is 57.2 Å².